The van der Waals surface area contributed by atoms with Crippen LogP contribution in [0.4, 0.5) is 5.69 Å². The first kappa shape index (κ1) is 27.1. The molecule has 1 aliphatic heterocycles. The first-order valence-electron chi connectivity index (χ1n) is 13.3. The van der Waals surface area contributed by atoms with Gasteiger partial charge in [0.25, 0.3) is 5.91 Å². The zero-order valence-electron chi connectivity index (χ0n) is 23.5. The van der Waals surface area contributed by atoms with E-state index < -0.39 is 5.92 Å². The van der Waals surface area contributed by atoms with E-state index in [1.165, 1.54) is 0 Å². The highest BCUT2D eigenvalue weighted by Gasteiger charge is 2.41. The van der Waals surface area contributed by atoms with Crippen LogP contribution in [-0.4, -0.2) is 33.0 Å². The summed E-state index contributed by atoms with van der Waals surface area (Å²) in [5.74, 6) is 1.13. The second kappa shape index (κ2) is 11.3. The Kier molecular flexibility index (Phi) is 7.65. The zero-order valence-corrected chi connectivity index (χ0v) is 23.5. The molecule has 0 spiro atoms. The van der Waals surface area contributed by atoms with Crippen molar-refractivity contribution in [3.05, 3.63) is 106 Å². The van der Waals surface area contributed by atoms with Crippen LogP contribution in [0.2, 0.25) is 0 Å². The number of anilines is 1. The Labute approximate surface area is 234 Å². The molecule has 2 aliphatic rings. The van der Waals surface area contributed by atoms with Crippen molar-refractivity contribution in [2.24, 2.45) is 0 Å². The molecule has 2 N–H and O–H groups in total. The molecule has 5 rings (SSSR count). The number of carbonyl (C=O) groups is 2. The highest BCUT2D eigenvalue weighted by atomic mass is 16.5. The molecule has 0 radical (unpaired) electrons. The van der Waals surface area contributed by atoms with Crippen LogP contribution in [0, 0.1) is 6.92 Å². The summed E-state index contributed by atoms with van der Waals surface area (Å²) in [4.78, 5) is 27.8. The van der Waals surface area contributed by atoms with Crippen molar-refractivity contribution >= 4 is 17.4 Å². The maximum Gasteiger partial charge on any atom is 0.254 e. The molecule has 7 heteroatoms. The third-order valence-electron chi connectivity index (χ3n) is 7.69. The first-order valence-corrected chi connectivity index (χ1v) is 13.3. The summed E-state index contributed by atoms with van der Waals surface area (Å²) >= 11 is 0. The second-order valence-corrected chi connectivity index (χ2v) is 10.2. The number of hydrogen-bond donors (Lipinski definition) is 2. The molecule has 0 unspecified atom stereocenters. The number of ketones is 1. The molecule has 0 aromatic heterocycles. The predicted molar refractivity (Wildman–Crippen MR) is 155 cm³/mol. The van der Waals surface area contributed by atoms with E-state index in [9.17, 15) is 9.59 Å². The maximum absolute atomic E-state index is 14.0. The van der Waals surface area contributed by atoms with Crippen molar-refractivity contribution in [2.45, 2.75) is 38.5 Å². The van der Waals surface area contributed by atoms with Gasteiger partial charge in [-0.3, -0.25) is 9.59 Å². The zero-order chi connectivity index (χ0) is 28.4. The van der Waals surface area contributed by atoms with Crippen LogP contribution in [0.3, 0.4) is 0 Å². The normalized spacial score (nSPS) is 18.6. The molecule has 1 heterocycles. The molecule has 2 atom stereocenters. The fourth-order valence-corrected chi connectivity index (χ4v) is 5.67. The number of hydrogen-bond acceptors (Lipinski definition) is 6. The third-order valence-corrected chi connectivity index (χ3v) is 7.69. The molecular formula is C33H34N2O5. The van der Waals surface area contributed by atoms with Crippen LogP contribution in [-0.2, 0) is 9.59 Å². The van der Waals surface area contributed by atoms with Gasteiger partial charge < -0.3 is 24.8 Å². The number of benzene rings is 3. The van der Waals surface area contributed by atoms with Gasteiger partial charge in [0, 0.05) is 40.6 Å². The lowest BCUT2D eigenvalue weighted by Gasteiger charge is -2.37. The summed E-state index contributed by atoms with van der Waals surface area (Å²) in [6.07, 6.45) is 0.948. The smallest absolute Gasteiger partial charge is 0.254 e. The molecule has 1 aliphatic carbocycles. The summed E-state index contributed by atoms with van der Waals surface area (Å²) in [5, 5.41) is 6.48. The number of rotatable bonds is 7. The minimum atomic E-state index is -0.532. The summed E-state index contributed by atoms with van der Waals surface area (Å²) < 4.78 is 16.4. The van der Waals surface area contributed by atoms with E-state index in [-0.39, 0.29) is 17.6 Å². The lowest BCUT2D eigenvalue weighted by atomic mass is 9.71. The third kappa shape index (κ3) is 5.19. The van der Waals surface area contributed by atoms with Gasteiger partial charge in [-0.25, -0.2) is 0 Å². The molecule has 3 aromatic carbocycles. The monoisotopic (exact) mass is 538 g/mol. The quantitative estimate of drug-likeness (QED) is 0.383. The van der Waals surface area contributed by atoms with Gasteiger partial charge in [-0.2, -0.15) is 0 Å². The van der Waals surface area contributed by atoms with Crippen molar-refractivity contribution in [1.29, 1.82) is 0 Å². The van der Waals surface area contributed by atoms with Crippen LogP contribution in [0.25, 0.3) is 0 Å². The summed E-state index contributed by atoms with van der Waals surface area (Å²) in [5.41, 5.74) is 6.35. The lowest BCUT2D eigenvalue weighted by molar-refractivity contribution is -0.116. The van der Waals surface area contributed by atoms with Gasteiger partial charge in [-0.1, -0.05) is 35.9 Å². The summed E-state index contributed by atoms with van der Waals surface area (Å²) in [6, 6.07) is 21.1. The van der Waals surface area contributed by atoms with Crippen molar-refractivity contribution in [1.82, 2.24) is 5.32 Å². The Morgan fingerprint density at radius 1 is 0.850 bits per heavy atom. The van der Waals surface area contributed by atoms with Crippen LogP contribution >= 0.6 is 0 Å². The van der Waals surface area contributed by atoms with Gasteiger partial charge in [0.1, 0.15) is 5.75 Å². The van der Waals surface area contributed by atoms with E-state index in [1.54, 1.807) is 21.3 Å². The van der Waals surface area contributed by atoms with Crippen molar-refractivity contribution in [2.75, 3.05) is 26.6 Å². The fraction of sp³-hybridized carbons (Fsp3) is 0.273. The molecule has 0 saturated heterocycles. The van der Waals surface area contributed by atoms with Crippen molar-refractivity contribution in [3.8, 4) is 17.2 Å². The Hall–Kier alpha value is -4.52. The topological polar surface area (TPSA) is 85.9 Å². The van der Waals surface area contributed by atoms with E-state index in [4.69, 9.17) is 14.2 Å². The van der Waals surface area contributed by atoms with Crippen molar-refractivity contribution < 1.29 is 23.8 Å². The molecule has 40 heavy (non-hydrogen) atoms. The van der Waals surface area contributed by atoms with Gasteiger partial charge in [0.15, 0.2) is 17.3 Å². The van der Waals surface area contributed by atoms with Crippen LogP contribution < -0.4 is 24.8 Å². The highest BCUT2D eigenvalue weighted by molar-refractivity contribution is 6.10. The number of aryl methyl sites for hydroxylation is 1. The van der Waals surface area contributed by atoms with Crippen molar-refractivity contribution in [3.63, 3.8) is 0 Å². The van der Waals surface area contributed by atoms with E-state index in [0.29, 0.717) is 46.9 Å². The fourth-order valence-electron chi connectivity index (χ4n) is 5.67. The van der Waals surface area contributed by atoms with Crippen LogP contribution in [0.15, 0.2) is 89.3 Å². The molecule has 1 amide bonds. The average Bonchev–Trinajstić information content (AvgIpc) is 2.97. The Morgan fingerprint density at radius 2 is 1.60 bits per heavy atom. The Morgan fingerprint density at radius 3 is 2.30 bits per heavy atom. The second-order valence-electron chi connectivity index (χ2n) is 10.2. The van der Waals surface area contributed by atoms with E-state index in [0.717, 1.165) is 28.1 Å². The average molecular weight is 539 g/mol. The summed E-state index contributed by atoms with van der Waals surface area (Å²) in [7, 11) is 4.82. The lowest BCUT2D eigenvalue weighted by Crippen LogP contribution is -2.37. The van der Waals surface area contributed by atoms with Gasteiger partial charge in [-0.05, 0) is 73.7 Å². The maximum atomic E-state index is 14.0. The Balaban J connectivity index is 1.55. The van der Waals surface area contributed by atoms with Gasteiger partial charge in [0.05, 0.1) is 21.3 Å². The van der Waals surface area contributed by atoms with Crippen LogP contribution in [0.1, 0.15) is 48.3 Å². The molecule has 206 valence electrons. The minimum absolute atomic E-state index is 0.00879. The summed E-state index contributed by atoms with van der Waals surface area (Å²) in [6.45, 7) is 3.89. The number of ether oxygens (including phenoxy) is 3. The highest BCUT2D eigenvalue weighted by Crippen LogP contribution is 2.47. The SMILES string of the molecule is COc1cccc([C@@H]2C(C(=O)Nc3ccc(C)cc3)=C(C)NC3=C2C(=O)C[C@@H](c2ccc(OC)c(OC)c2)C3)c1. The standard InChI is InChI=1S/C33H34N2O5/c1-19-9-12-24(13-10-19)35-33(37)30-20(2)34-26-16-23(21-11-14-28(39-4)29(18-21)40-5)17-27(36)32(26)31(30)22-7-6-8-25(15-22)38-3/h6-15,18,23,31,34H,16-17H2,1-5H3,(H,35,37)/t23-,31+/m0/s1. The molecule has 0 saturated carbocycles. The molecule has 0 bridgehead atoms. The number of nitrogens with one attached hydrogen (secondary N) is 2. The van der Waals surface area contributed by atoms with Gasteiger partial charge >= 0.3 is 0 Å². The number of carbonyl (C=O) groups excluding carboxylic acids is 2. The van der Waals surface area contributed by atoms with Gasteiger partial charge in [0.2, 0.25) is 0 Å². The Bertz CT molecular complexity index is 1520. The van der Waals surface area contributed by atoms with Gasteiger partial charge in [-0.15, -0.1) is 0 Å². The number of dihydropyridines is 1. The number of amides is 1. The van der Waals surface area contributed by atoms with E-state index in [1.807, 2.05) is 80.6 Å². The number of methoxy groups -OCH3 is 3. The largest absolute Gasteiger partial charge is 0.497 e. The predicted octanol–water partition coefficient (Wildman–Crippen LogP) is 6.02. The van der Waals surface area contributed by atoms with Crippen LogP contribution in [0.5, 0.6) is 17.2 Å². The van der Waals surface area contributed by atoms with E-state index in [2.05, 4.69) is 10.6 Å². The van der Waals surface area contributed by atoms with E-state index >= 15 is 0 Å². The first-order chi connectivity index (χ1) is 19.3. The number of allylic oxidation sites excluding steroid dienone is 3. The number of Topliss-reactive ketones (excluding diaryl/α,β-unsaturated/α-hetero) is 1. The molecular weight excluding hydrogens is 504 g/mol. The molecule has 3 aromatic rings. The molecule has 7 nitrogen and oxygen atoms in total. The molecule has 0 fully saturated rings. The minimum Gasteiger partial charge on any atom is -0.497 e.